The molecule has 0 aromatic rings. The van der Waals surface area contributed by atoms with Crippen LogP contribution in [0, 0.1) is 5.41 Å². The van der Waals surface area contributed by atoms with E-state index in [9.17, 15) is 0 Å². The molecule has 2 atom stereocenters. The molecule has 102 valence electrons. The first-order chi connectivity index (χ1) is 8.09. The highest BCUT2D eigenvalue weighted by atomic mass is 32.2. The van der Waals surface area contributed by atoms with E-state index in [0.717, 1.165) is 24.4 Å². The Hall–Kier alpha value is 0.270. The number of hydrogen-bond acceptors (Lipinski definition) is 3. The molecular weight excluding hydrogens is 230 g/mol. The van der Waals surface area contributed by atoms with Gasteiger partial charge in [0, 0.05) is 25.0 Å². The van der Waals surface area contributed by atoms with Gasteiger partial charge in [-0.25, -0.2) is 0 Å². The Kier molecular flexibility index (Phi) is 6.90. The van der Waals surface area contributed by atoms with E-state index in [2.05, 4.69) is 37.8 Å². The van der Waals surface area contributed by atoms with Crippen molar-refractivity contribution in [1.82, 2.24) is 5.32 Å². The molecule has 2 unspecified atom stereocenters. The molecule has 3 heteroatoms. The Bertz CT molecular complexity index is 208. The first-order valence-electron chi connectivity index (χ1n) is 6.93. The van der Waals surface area contributed by atoms with Crippen molar-refractivity contribution in [2.75, 3.05) is 26.0 Å². The summed E-state index contributed by atoms with van der Waals surface area (Å²) in [6.45, 7) is 9.04. The normalized spacial score (nSPS) is 28.2. The second-order valence-electron chi connectivity index (χ2n) is 5.83. The lowest BCUT2D eigenvalue weighted by Crippen LogP contribution is -2.44. The fraction of sp³-hybridized carbons (Fsp3) is 1.00. The van der Waals surface area contributed by atoms with Gasteiger partial charge in [0.15, 0.2) is 0 Å². The third-order valence-corrected chi connectivity index (χ3v) is 5.07. The lowest BCUT2D eigenvalue weighted by Gasteiger charge is -2.41. The highest BCUT2D eigenvalue weighted by molar-refractivity contribution is 7.99. The zero-order chi connectivity index (χ0) is 12.7. The second-order valence-corrected chi connectivity index (χ2v) is 7.17. The molecule has 1 aliphatic rings. The number of nitrogens with one attached hydrogen (secondary N) is 1. The predicted octanol–water partition coefficient (Wildman–Crippen LogP) is 3.31. The molecule has 0 heterocycles. The average molecular weight is 259 g/mol. The monoisotopic (exact) mass is 259 g/mol. The van der Waals surface area contributed by atoms with Gasteiger partial charge < -0.3 is 10.1 Å². The summed E-state index contributed by atoms with van der Waals surface area (Å²) in [6, 6.07) is 0.723. The first kappa shape index (κ1) is 15.3. The molecule has 0 amide bonds. The van der Waals surface area contributed by atoms with Crippen LogP contribution in [0.4, 0.5) is 0 Å². The fourth-order valence-corrected chi connectivity index (χ4v) is 4.25. The van der Waals surface area contributed by atoms with Crippen molar-refractivity contribution in [2.24, 2.45) is 5.41 Å². The molecule has 17 heavy (non-hydrogen) atoms. The molecule has 0 saturated heterocycles. The average Bonchev–Trinajstić information content (AvgIpc) is 2.27. The summed E-state index contributed by atoms with van der Waals surface area (Å²) < 4.78 is 5.12. The van der Waals surface area contributed by atoms with E-state index < -0.39 is 0 Å². The summed E-state index contributed by atoms with van der Waals surface area (Å²) in [5.74, 6) is 1.23. The number of ether oxygens (including phenoxy) is 1. The molecule has 0 bridgehead atoms. The van der Waals surface area contributed by atoms with Crippen molar-refractivity contribution in [1.29, 1.82) is 0 Å². The van der Waals surface area contributed by atoms with Crippen LogP contribution in [0.3, 0.4) is 0 Å². The molecule has 0 spiro atoms. The zero-order valence-corrected chi connectivity index (χ0v) is 12.7. The van der Waals surface area contributed by atoms with Crippen LogP contribution in [-0.2, 0) is 4.74 Å². The molecule has 0 aliphatic heterocycles. The standard InChI is InChI=1S/C14H29NOS/c1-5-15-12-7-8-14(2,3)11-13(12)17-10-6-9-16-4/h12-13,15H,5-11H2,1-4H3. The quantitative estimate of drug-likeness (QED) is 0.709. The van der Waals surface area contributed by atoms with Crippen LogP contribution >= 0.6 is 11.8 Å². The summed E-state index contributed by atoms with van der Waals surface area (Å²) in [7, 11) is 1.79. The topological polar surface area (TPSA) is 21.3 Å². The Balaban J connectivity index is 2.37. The minimum atomic E-state index is 0.533. The van der Waals surface area contributed by atoms with Crippen molar-refractivity contribution in [2.45, 2.75) is 57.7 Å². The minimum absolute atomic E-state index is 0.533. The van der Waals surface area contributed by atoms with Crippen LogP contribution in [0.15, 0.2) is 0 Å². The van der Waals surface area contributed by atoms with Gasteiger partial charge in [-0.05, 0) is 43.4 Å². The highest BCUT2D eigenvalue weighted by Gasteiger charge is 2.34. The van der Waals surface area contributed by atoms with Gasteiger partial charge in [0.2, 0.25) is 0 Å². The van der Waals surface area contributed by atoms with Gasteiger partial charge in [-0.1, -0.05) is 20.8 Å². The Morgan fingerprint density at radius 1 is 1.41 bits per heavy atom. The summed E-state index contributed by atoms with van der Waals surface area (Å²) in [4.78, 5) is 0. The van der Waals surface area contributed by atoms with Crippen LogP contribution < -0.4 is 5.32 Å². The van der Waals surface area contributed by atoms with Gasteiger partial charge in [0.25, 0.3) is 0 Å². The lowest BCUT2D eigenvalue weighted by atomic mass is 9.75. The van der Waals surface area contributed by atoms with Gasteiger partial charge in [0.05, 0.1) is 0 Å². The van der Waals surface area contributed by atoms with Gasteiger partial charge in [-0.3, -0.25) is 0 Å². The molecule has 1 fully saturated rings. The van der Waals surface area contributed by atoms with E-state index in [1.165, 1.54) is 31.4 Å². The molecule has 0 aromatic heterocycles. The predicted molar refractivity (Wildman–Crippen MR) is 77.8 cm³/mol. The third kappa shape index (κ3) is 5.62. The van der Waals surface area contributed by atoms with Gasteiger partial charge >= 0.3 is 0 Å². The van der Waals surface area contributed by atoms with E-state index in [1.54, 1.807) is 7.11 Å². The maximum Gasteiger partial charge on any atom is 0.0470 e. The molecule has 1 aliphatic carbocycles. The van der Waals surface area contributed by atoms with Gasteiger partial charge in [0.1, 0.15) is 0 Å². The largest absolute Gasteiger partial charge is 0.385 e. The van der Waals surface area contributed by atoms with E-state index in [-0.39, 0.29) is 0 Å². The Labute approximate surface area is 111 Å². The molecular formula is C14H29NOS. The summed E-state index contributed by atoms with van der Waals surface area (Å²) in [5.41, 5.74) is 0.533. The molecule has 0 aromatic carbocycles. The van der Waals surface area contributed by atoms with Gasteiger partial charge in [-0.15, -0.1) is 0 Å². The maximum atomic E-state index is 5.12. The Morgan fingerprint density at radius 2 is 2.18 bits per heavy atom. The summed E-state index contributed by atoms with van der Waals surface area (Å²) >= 11 is 2.15. The number of rotatable bonds is 7. The van der Waals surface area contributed by atoms with Crippen LogP contribution in [0.25, 0.3) is 0 Å². The van der Waals surface area contributed by atoms with Crippen LogP contribution in [0.2, 0.25) is 0 Å². The molecule has 0 radical (unpaired) electrons. The summed E-state index contributed by atoms with van der Waals surface area (Å²) in [6.07, 6.45) is 5.22. The minimum Gasteiger partial charge on any atom is -0.385 e. The SMILES string of the molecule is CCNC1CCC(C)(C)CC1SCCCOC. The highest BCUT2D eigenvalue weighted by Crippen LogP contribution is 2.40. The first-order valence-corrected chi connectivity index (χ1v) is 7.98. The lowest BCUT2D eigenvalue weighted by molar-refractivity contribution is 0.199. The van der Waals surface area contributed by atoms with Crippen molar-refractivity contribution >= 4 is 11.8 Å². The Morgan fingerprint density at radius 3 is 2.82 bits per heavy atom. The fourth-order valence-electron chi connectivity index (χ4n) is 2.63. The van der Waals surface area contributed by atoms with E-state index >= 15 is 0 Å². The van der Waals surface area contributed by atoms with E-state index in [1.807, 2.05) is 0 Å². The second kappa shape index (κ2) is 7.65. The number of thioether (sulfide) groups is 1. The van der Waals surface area contributed by atoms with Crippen molar-refractivity contribution < 1.29 is 4.74 Å². The van der Waals surface area contributed by atoms with Crippen LogP contribution in [0.1, 0.15) is 46.5 Å². The van der Waals surface area contributed by atoms with Crippen molar-refractivity contribution in [3.63, 3.8) is 0 Å². The molecule has 2 nitrogen and oxygen atoms in total. The van der Waals surface area contributed by atoms with E-state index in [4.69, 9.17) is 4.74 Å². The number of hydrogen-bond donors (Lipinski definition) is 1. The van der Waals surface area contributed by atoms with Crippen LogP contribution in [0.5, 0.6) is 0 Å². The number of methoxy groups -OCH3 is 1. The van der Waals surface area contributed by atoms with Crippen molar-refractivity contribution in [3.05, 3.63) is 0 Å². The third-order valence-electron chi connectivity index (χ3n) is 3.63. The van der Waals surface area contributed by atoms with Crippen LogP contribution in [-0.4, -0.2) is 37.3 Å². The van der Waals surface area contributed by atoms with E-state index in [0.29, 0.717) is 5.41 Å². The van der Waals surface area contributed by atoms with Crippen molar-refractivity contribution in [3.8, 4) is 0 Å². The maximum absolute atomic E-state index is 5.12. The molecule has 1 rings (SSSR count). The smallest absolute Gasteiger partial charge is 0.0470 e. The molecule has 1 N–H and O–H groups in total. The molecule has 1 saturated carbocycles. The summed E-state index contributed by atoms with van der Waals surface area (Å²) in [5, 5.41) is 4.45. The zero-order valence-electron chi connectivity index (χ0n) is 11.9. The van der Waals surface area contributed by atoms with Gasteiger partial charge in [-0.2, -0.15) is 11.8 Å².